The number of anilines is 1. The van der Waals surface area contributed by atoms with Crippen molar-refractivity contribution in [2.24, 2.45) is 5.84 Å². The smallest absolute Gasteiger partial charge is 0.231 e. The SMILES string of the molecule is Cc1sc(NN)nc1-c1ccc2c(c1)OCO2. The first kappa shape index (κ1) is 10.4. The Balaban J connectivity index is 2.06. The van der Waals surface area contributed by atoms with E-state index in [2.05, 4.69) is 10.4 Å². The van der Waals surface area contributed by atoms with E-state index in [1.165, 1.54) is 11.3 Å². The Morgan fingerprint density at radius 3 is 2.94 bits per heavy atom. The zero-order valence-electron chi connectivity index (χ0n) is 9.19. The maximum absolute atomic E-state index is 5.35. The van der Waals surface area contributed by atoms with Crippen LogP contribution in [0.5, 0.6) is 11.5 Å². The summed E-state index contributed by atoms with van der Waals surface area (Å²) < 4.78 is 10.6. The lowest BCUT2D eigenvalue weighted by Gasteiger charge is -2.00. The Bertz CT molecular complexity index is 568. The average molecular weight is 249 g/mol. The highest BCUT2D eigenvalue weighted by atomic mass is 32.1. The summed E-state index contributed by atoms with van der Waals surface area (Å²) in [7, 11) is 0. The van der Waals surface area contributed by atoms with E-state index in [4.69, 9.17) is 15.3 Å². The zero-order chi connectivity index (χ0) is 11.8. The van der Waals surface area contributed by atoms with Crippen LogP contribution in [-0.2, 0) is 0 Å². The Labute approximate surface area is 102 Å². The van der Waals surface area contributed by atoms with Crippen molar-refractivity contribution < 1.29 is 9.47 Å². The molecular formula is C11H11N3O2S. The van der Waals surface area contributed by atoms with Gasteiger partial charge in [-0.1, -0.05) is 0 Å². The van der Waals surface area contributed by atoms with E-state index in [9.17, 15) is 0 Å². The molecule has 0 bridgehead atoms. The predicted octanol–water partition coefficient (Wildman–Crippen LogP) is 2.13. The summed E-state index contributed by atoms with van der Waals surface area (Å²) in [5, 5.41) is 0.704. The van der Waals surface area contributed by atoms with Crippen LogP contribution < -0.4 is 20.7 Å². The van der Waals surface area contributed by atoms with Gasteiger partial charge in [0.15, 0.2) is 16.6 Å². The van der Waals surface area contributed by atoms with Crippen LogP contribution in [0.25, 0.3) is 11.3 Å². The lowest BCUT2D eigenvalue weighted by molar-refractivity contribution is 0.174. The Morgan fingerprint density at radius 2 is 2.18 bits per heavy atom. The molecule has 6 heteroatoms. The first-order chi connectivity index (χ1) is 8.28. The number of nitrogens with zero attached hydrogens (tertiary/aromatic N) is 1. The monoisotopic (exact) mass is 249 g/mol. The molecule has 0 radical (unpaired) electrons. The molecule has 1 aliphatic heterocycles. The number of rotatable bonds is 2. The summed E-state index contributed by atoms with van der Waals surface area (Å²) in [6.07, 6.45) is 0. The predicted molar refractivity (Wildman–Crippen MR) is 66.2 cm³/mol. The number of fused-ring (bicyclic) bond motifs is 1. The minimum Gasteiger partial charge on any atom is -0.454 e. The van der Waals surface area contributed by atoms with Crippen LogP contribution in [0.15, 0.2) is 18.2 Å². The van der Waals surface area contributed by atoms with Crippen LogP contribution >= 0.6 is 11.3 Å². The van der Waals surface area contributed by atoms with E-state index in [0.717, 1.165) is 27.6 Å². The molecule has 1 aromatic heterocycles. The molecular weight excluding hydrogens is 238 g/mol. The minimum absolute atomic E-state index is 0.282. The van der Waals surface area contributed by atoms with Crippen LogP contribution in [-0.4, -0.2) is 11.8 Å². The number of thiazole rings is 1. The van der Waals surface area contributed by atoms with Gasteiger partial charge >= 0.3 is 0 Å². The van der Waals surface area contributed by atoms with Crippen molar-refractivity contribution in [2.75, 3.05) is 12.2 Å². The van der Waals surface area contributed by atoms with Crippen LogP contribution in [0, 0.1) is 6.92 Å². The number of nitrogens with one attached hydrogen (secondary N) is 1. The van der Waals surface area contributed by atoms with Gasteiger partial charge in [-0.3, -0.25) is 5.43 Å². The largest absolute Gasteiger partial charge is 0.454 e. The van der Waals surface area contributed by atoms with Gasteiger partial charge in [-0.05, 0) is 25.1 Å². The number of nitrogens with two attached hydrogens (primary N) is 1. The van der Waals surface area contributed by atoms with E-state index >= 15 is 0 Å². The van der Waals surface area contributed by atoms with Gasteiger partial charge in [0.05, 0.1) is 5.69 Å². The molecule has 0 saturated heterocycles. The lowest BCUT2D eigenvalue weighted by atomic mass is 10.1. The van der Waals surface area contributed by atoms with Crippen molar-refractivity contribution >= 4 is 16.5 Å². The highest BCUT2D eigenvalue weighted by molar-refractivity contribution is 7.15. The van der Waals surface area contributed by atoms with E-state index < -0.39 is 0 Å². The number of hydrogen-bond donors (Lipinski definition) is 2. The number of aryl methyl sites for hydroxylation is 1. The average Bonchev–Trinajstić information content (AvgIpc) is 2.93. The van der Waals surface area contributed by atoms with Crippen molar-refractivity contribution in [1.82, 2.24) is 4.98 Å². The highest BCUT2D eigenvalue weighted by Crippen LogP contribution is 2.38. The number of aromatic nitrogens is 1. The second kappa shape index (κ2) is 3.90. The molecule has 5 nitrogen and oxygen atoms in total. The maximum Gasteiger partial charge on any atom is 0.231 e. The third-order valence-electron chi connectivity index (χ3n) is 2.57. The fourth-order valence-electron chi connectivity index (χ4n) is 1.77. The fraction of sp³-hybridized carbons (Fsp3) is 0.182. The molecule has 3 rings (SSSR count). The van der Waals surface area contributed by atoms with Crippen LogP contribution in [0.1, 0.15) is 4.88 Å². The molecule has 88 valence electrons. The van der Waals surface area contributed by atoms with Crippen molar-refractivity contribution in [2.45, 2.75) is 6.92 Å². The first-order valence-corrected chi connectivity index (χ1v) is 5.93. The summed E-state index contributed by atoms with van der Waals surface area (Å²) in [6.45, 7) is 2.29. The van der Waals surface area contributed by atoms with Gasteiger partial charge in [-0.25, -0.2) is 10.8 Å². The first-order valence-electron chi connectivity index (χ1n) is 5.12. The quantitative estimate of drug-likeness (QED) is 0.630. The number of hydrazine groups is 1. The molecule has 17 heavy (non-hydrogen) atoms. The van der Waals surface area contributed by atoms with Gasteiger partial charge in [-0.15, -0.1) is 11.3 Å². The van der Waals surface area contributed by atoms with Gasteiger partial charge in [0, 0.05) is 10.4 Å². The summed E-state index contributed by atoms with van der Waals surface area (Å²) in [5.74, 6) is 6.89. The molecule has 0 fully saturated rings. The number of ether oxygens (including phenoxy) is 2. The summed E-state index contributed by atoms with van der Waals surface area (Å²) >= 11 is 1.52. The molecule has 0 spiro atoms. The van der Waals surface area contributed by atoms with E-state index in [0.29, 0.717) is 5.13 Å². The standard InChI is InChI=1S/C11H11N3O2S/c1-6-10(13-11(14-12)17-6)7-2-3-8-9(4-7)16-5-15-8/h2-4H,5,12H2,1H3,(H,13,14). The Hall–Kier alpha value is -1.79. The van der Waals surface area contributed by atoms with Crippen molar-refractivity contribution in [1.29, 1.82) is 0 Å². The summed E-state index contributed by atoms with van der Waals surface area (Å²) in [6, 6.07) is 5.80. The van der Waals surface area contributed by atoms with Gasteiger partial charge in [0.2, 0.25) is 6.79 Å². The molecule has 0 aliphatic carbocycles. The Morgan fingerprint density at radius 1 is 1.35 bits per heavy atom. The zero-order valence-corrected chi connectivity index (χ0v) is 10.0. The van der Waals surface area contributed by atoms with E-state index in [1.54, 1.807) is 0 Å². The van der Waals surface area contributed by atoms with Gasteiger partial charge in [0.1, 0.15) is 0 Å². The van der Waals surface area contributed by atoms with Crippen LogP contribution in [0.2, 0.25) is 0 Å². The number of nitrogen functional groups attached to an aromatic ring is 1. The molecule has 0 saturated carbocycles. The van der Waals surface area contributed by atoms with Crippen LogP contribution in [0.4, 0.5) is 5.13 Å². The highest BCUT2D eigenvalue weighted by Gasteiger charge is 2.16. The molecule has 2 aromatic rings. The Kier molecular flexibility index (Phi) is 2.38. The van der Waals surface area contributed by atoms with Crippen LogP contribution in [0.3, 0.4) is 0 Å². The third-order valence-corrected chi connectivity index (χ3v) is 3.47. The van der Waals surface area contributed by atoms with Crippen molar-refractivity contribution in [3.63, 3.8) is 0 Å². The second-order valence-corrected chi connectivity index (χ2v) is 4.84. The second-order valence-electron chi connectivity index (χ2n) is 3.64. The molecule has 0 unspecified atom stereocenters. The third kappa shape index (κ3) is 1.71. The van der Waals surface area contributed by atoms with Gasteiger partial charge < -0.3 is 9.47 Å². The molecule has 0 amide bonds. The molecule has 3 N–H and O–H groups in total. The maximum atomic E-state index is 5.35. The normalized spacial score (nSPS) is 12.8. The van der Waals surface area contributed by atoms with Gasteiger partial charge in [-0.2, -0.15) is 0 Å². The van der Waals surface area contributed by atoms with Crippen molar-refractivity contribution in [3.05, 3.63) is 23.1 Å². The number of benzene rings is 1. The molecule has 2 heterocycles. The number of hydrogen-bond acceptors (Lipinski definition) is 6. The van der Waals surface area contributed by atoms with Crippen molar-refractivity contribution in [3.8, 4) is 22.8 Å². The van der Waals surface area contributed by atoms with Gasteiger partial charge in [0.25, 0.3) is 0 Å². The molecule has 0 atom stereocenters. The minimum atomic E-state index is 0.282. The fourth-order valence-corrected chi connectivity index (χ4v) is 2.52. The molecule has 1 aromatic carbocycles. The summed E-state index contributed by atoms with van der Waals surface area (Å²) in [5.41, 5.74) is 4.48. The molecule has 1 aliphatic rings. The summed E-state index contributed by atoms with van der Waals surface area (Å²) in [4.78, 5) is 5.52. The topological polar surface area (TPSA) is 69.4 Å². The lowest BCUT2D eigenvalue weighted by Crippen LogP contribution is -2.05. The van der Waals surface area contributed by atoms with E-state index in [-0.39, 0.29) is 6.79 Å². The van der Waals surface area contributed by atoms with E-state index in [1.807, 2.05) is 25.1 Å².